The molecule has 0 atom stereocenters. The van der Waals surface area contributed by atoms with Crippen molar-refractivity contribution in [1.82, 2.24) is 15.0 Å². The van der Waals surface area contributed by atoms with Crippen molar-refractivity contribution in [3.8, 4) is 17.2 Å². The molecule has 0 spiro atoms. The van der Waals surface area contributed by atoms with Gasteiger partial charge in [0.1, 0.15) is 11.3 Å². The van der Waals surface area contributed by atoms with Crippen LogP contribution >= 0.6 is 0 Å². The van der Waals surface area contributed by atoms with Crippen molar-refractivity contribution in [2.45, 2.75) is 0 Å². The molecule has 7 nitrogen and oxygen atoms in total. The van der Waals surface area contributed by atoms with Crippen LogP contribution in [-0.2, 0) is 4.79 Å². The monoisotopic (exact) mass is 411 g/mol. The first-order chi connectivity index (χ1) is 15.0. The number of nitrogens with one attached hydrogen (secondary N) is 1. The number of aromatic nitrogens is 3. The molecular weight excluding hydrogens is 397 g/mol. The van der Waals surface area contributed by atoms with E-state index in [4.69, 9.17) is 11.0 Å². The van der Waals surface area contributed by atoms with Gasteiger partial charge in [-0.05, 0) is 42.5 Å². The third-order valence-corrected chi connectivity index (χ3v) is 4.66. The number of nitrogens with two attached hydrogens (primary N) is 1. The zero-order valence-corrected chi connectivity index (χ0v) is 16.0. The summed E-state index contributed by atoms with van der Waals surface area (Å²) in [5.74, 6) is -1.92. The normalized spacial score (nSPS) is 11.0. The van der Waals surface area contributed by atoms with E-state index in [-0.39, 0.29) is 11.3 Å². The highest BCUT2D eigenvalue weighted by molar-refractivity contribution is 6.08. The van der Waals surface area contributed by atoms with Crippen LogP contribution in [0.3, 0.4) is 0 Å². The van der Waals surface area contributed by atoms with Gasteiger partial charge in [-0.3, -0.25) is 9.59 Å². The zero-order chi connectivity index (χ0) is 22.0. The Hall–Kier alpha value is -4.64. The Morgan fingerprint density at radius 3 is 2.48 bits per heavy atom. The largest absolute Gasteiger partial charge is 0.366 e. The van der Waals surface area contributed by atoms with E-state index in [1.54, 1.807) is 24.5 Å². The molecule has 0 bridgehead atoms. The fraction of sp³-hybridized carbons (Fsp3) is 0. The van der Waals surface area contributed by atoms with Gasteiger partial charge >= 0.3 is 0 Å². The molecule has 1 aromatic carbocycles. The quantitative estimate of drug-likeness (QED) is 0.385. The summed E-state index contributed by atoms with van der Waals surface area (Å²) in [5, 5.41) is 9.57. The van der Waals surface area contributed by atoms with Crippen molar-refractivity contribution >= 4 is 28.8 Å². The Balaban J connectivity index is 1.68. The lowest BCUT2D eigenvalue weighted by Crippen LogP contribution is -2.07. The molecule has 4 aromatic rings. The number of nitriles is 1. The van der Waals surface area contributed by atoms with E-state index >= 15 is 0 Å². The number of ketones is 1. The summed E-state index contributed by atoms with van der Waals surface area (Å²) in [6, 6.07) is 10.9. The smallest absolute Gasteiger partial charge is 0.241 e. The van der Waals surface area contributed by atoms with Crippen molar-refractivity contribution in [2.75, 3.05) is 0 Å². The molecule has 31 heavy (non-hydrogen) atoms. The van der Waals surface area contributed by atoms with Crippen LogP contribution in [0.15, 0.2) is 61.1 Å². The topological polar surface area (TPSA) is 126 Å². The molecule has 0 saturated heterocycles. The van der Waals surface area contributed by atoms with Crippen LogP contribution in [0.2, 0.25) is 0 Å². The third kappa shape index (κ3) is 3.93. The number of primary amides is 1. The Morgan fingerprint density at radius 2 is 1.81 bits per heavy atom. The van der Waals surface area contributed by atoms with Crippen LogP contribution in [0.4, 0.5) is 4.39 Å². The highest BCUT2D eigenvalue weighted by Crippen LogP contribution is 2.26. The fourth-order valence-corrected chi connectivity index (χ4v) is 3.09. The average molecular weight is 411 g/mol. The maximum atomic E-state index is 14.7. The highest BCUT2D eigenvalue weighted by Gasteiger charge is 2.17. The summed E-state index contributed by atoms with van der Waals surface area (Å²) in [7, 11) is 0. The molecule has 0 radical (unpaired) electrons. The number of H-pyrrole nitrogens is 1. The minimum atomic E-state index is -0.769. The minimum Gasteiger partial charge on any atom is -0.366 e. The molecule has 0 aliphatic heterocycles. The molecule has 150 valence electrons. The maximum Gasteiger partial charge on any atom is 0.241 e. The second-order valence-electron chi connectivity index (χ2n) is 6.67. The first kappa shape index (κ1) is 19.7. The average Bonchev–Trinajstić information content (AvgIpc) is 3.19. The second-order valence-corrected chi connectivity index (χ2v) is 6.67. The van der Waals surface area contributed by atoms with Gasteiger partial charge in [0.25, 0.3) is 0 Å². The van der Waals surface area contributed by atoms with Gasteiger partial charge in [-0.1, -0.05) is 0 Å². The number of pyridine rings is 2. The maximum absolute atomic E-state index is 14.7. The Bertz CT molecular complexity index is 1400. The number of hydrogen-bond donors (Lipinski definition) is 2. The summed E-state index contributed by atoms with van der Waals surface area (Å²) < 4.78 is 14.7. The number of rotatable bonds is 5. The summed E-state index contributed by atoms with van der Waals surface area (Å²) >= 11 is 0. The van der Waals surface area contributed by atoms with Crippen LogP contribution in [-0.4, -0.2) is 26.6 Å². The molecule has 3 heterocycles. The lowest BCUT2D eigenvalue weighted by molar-refractivity contribution is -0.113. The summed E-state index contributed by atoms with van der Waals surface area (Å²) in [6.45, 7) is 0. The minimum absolute atomic E-state index is 0.236. The number of fused-ring (bicyclic) bond motifs is 1. The van der Waals surface area contributed by atoms with E-state index in [1.807, 2.05) is 6.07 Å². The molecular formula is C23H14FN5O2. The summed E-state index contributed by atoms with van der Waals surface area (Å²) in [6.07, 6.45) is 7.43. The molecule has 3 N–H and O–H groups in total. The molecule has 0 saturated carbocycles. The van der Waals surface area contributed by atoms with Gasteiger partial charge in [-0.15, -0.1) is 0 Å². The number of hydrogen-bond acceptors (Lipinski definition) is 5. The number of aromatic amines is 1. The standard InChI is InChI=1S/C23H14FN5O2/c24-19-8-17(11-27-21(19)22(31)14-3-1-13(9-25)2-4-14)16-7-18-15(5-6-20(26)30)10-28-23(18)29-12-16/h1-8,10-12H,(H2,26,30)(H,28,29)/b6-5+. The number of amides is 1. The first-order valence-electron chi connectivity index (χ1n) is 9.11. The van der Waals surface area contributed by atoms with E-state index in [2.05, 4.69) is 15.0 Å². The first-order valence-corrected chi connectivity index (χ1v) is 9.11. The van der Waals surface area contributed by atoms with Gasteiger partial charge < -0.3 is 10.7 Å². The SMILES string of the molecule is N#Cc1ccc(C(=O)c2ncc(-c3cnc4[nH]cc(/C=C/C(N)=O)c4c3)cc2F)cc1. The predicted octanol–water partition coefficient (Wildman–Crippen LogP) is 3.37. The molecule has 0 aliphatic carbocycles. The fourth-order valence-electron chi connectivity index (χ4n) is 3.09. The predicted molar refractivity (Wildman–Crippen MR) is 112 cm³/mol. The van der Waals surface area contributed by atoms with Gasteiger partial charge in [-0.25, -0.2) is 14.4 Å². The molecule has 0 fully saturated rings. The van der Waals surface area contributed by atoms with Crippen LogP contribution in [0.1, 0.15) is 27.2 Å². The molecule has 1 amide bonds. The van der Waals surface area contributed by atoms with Crippen LogP contribution in [0.25, 0.3) is 28.2 Å². The van der Waals surface area contributed by atoms with Crippen LogP contribution in [0.5, 0.6) is 0 Å². The van der Waals surface area contributed by atoms with E-state index in [1.165, 1.54) is 42.6 Å². The lowest BCUT2D eigenvalue weighted by atomic mass is 10.0. The van der Waals surface area contributed by atoms with Crippen LogP contribution < -0.4 is 5.73 Å². The van der Waals surface area contributed by atoms with E-state index in [0.717, 1.165) is 0 Å². The van der Waals surface area contributed by atoms with E-state index in [0.29, 0.717) is 33.3 Å². The molecule has 8 heteroatoms. The van der Waals surface area contributed by atoms with Crippen molar-refractivity contribution in [3.05, 3.63) is 89.3 Å². The number of halogens is 1. The molecule has 0 unspecified atom stereocenters. The van der Waals surface area contributed by atoms with Crippen LogP contribution in [0, 0.1) is 17.1 Å². The van der Waals surface area contributed by atoms with Gasteiger partial charge in [0.05, 0.1) is 11.6 Å². The zero-order valence-electron chi connectivity index (χ0n) is 16.0. The van der Waals surface area contributed by atoms with Crippen molar-refractivity contribution < 1.29 is 14.0 Å². The van der Waals surface area contributed by atoms with Crippen molar-refractivity contribution in [3.63, 3.8) is 0 Å². The van der Waals surface area contributed by atoms with Gasteiger partial charge in [0.15, 0.2) is 5.82 Å². The molecule has 0 aliphatic rings. The Kier molecular flexibility index (Phi) is 5.08. The van der Waals surface area contributed by atoms with E-state index < -0.39 is 17.5 Å². The molecule has 3 aromatic heterocycles. The lowest BCUT2D eigenvalue weighted by Gasteiger charge is -2.06. The molecule has 4 rings (SSSR count). The van der Waals surface area contributed by atoms with Crippen molar-refractivity contribution in [1.29, 1.82) is 5.26 Å². The summed E-state index contributed by atoms with van der Waals surface area (Å²) in [4.78, 5) is 34.9. The number of carbonyl (C=O) groups is 2. The second kappa shape index (κ2) is 8.00. The number of carbonyl (C=O) groups excluding carboxylic acids is 2. The summed E-state index contributed by atoms with van der Waals surface area (Å²) in [5.41, 5.74) is 7.78. The Morgan fingerprint density at radius 1 is 1.10 bits per heavy atom. The van der Waals surface area contributed by atoms with E-state index in [9.17, 15) is 14.0 Å². The van der Waals surface area contributed by atoms with Gasteiger partial charge in [0, 0.05) is 52.3 Å². The number of nitrogens with zero attached hydrogens (tertiary/aromatic N) is 3. The van der Waals surface area contributed by atoms with Gasteiger partial charge in [-0.2, -0.15) is 5.26 Å². The third-order valence-electron chi connectivity index (χ3n) is 4.66. The number of benzene rings is 1. The van der Waals surface area contributed by atoms with Crippen molar-refractivity contribution in [2.24, 2.45) is 5.73 Å². The highest BCUT2D eigenvalue weighted by atomic mass is 19.1. The van der Waals surface area contributed by atoms with Gasteiger partial charge in [0.2, 0.25) is 11.7 Å². The Labute approximate surface area is 175 Å².